The van der Waals surface area contributed by atoms with Gasteiger partial charge in [0.2, 0.25) is 5.82 Å². The highest BCUT2D eigenvalue weighted by Crippen LogP contribution is 2.44. The third-order valence-corrected chi connectivity index (χ3v) is 6.46. The number of benzene rings is 2. The molecule has 184 valence electrons. The summed E-state index contributed by atoms with van der Waals surface area (Å²) in [4.78, 5) is 9.36. The van der Waals surface area contributed by atoms with E-state index in [9.17, 15) is 5.11 Å². The van der Waals surface area contributed by atoms with E-state index in [0.29, 0.717) is 41.2 Å². The lowest BCUT2D eigenvalue weighted by atomic mass is 9.97. The predicted octanol–water partition coefficient (Wildman–Crippen LogP) is 5.31. The largest absolute Gasteiger partial charge is 0.495 e. The first kappa shape index (κ1) is 23.8. The summed E-state index contributed by atoms with van der Waals surface area (Å²) in [7, 11) is 3.52. The number of methoxy groups -OCH3 is 1. The molecule has 0 aliphatic carbocycles. The second-order valence-electron chi connectivity index (χ2n) is 8.40. The van der Waals surface area contributed by atoms with Crippen molar-refractivity contribution in [1.82, 2.24) is 24.1 Å². The zero-order valence-corrected chi connectivity index (χ0v) is 20.9. The van der Waals surface area contributed by atoms with Gasteiger partial charge in [0.1, 0.15) is 11.3 Å². The summed E-state index contributed by atoms with van der Waals surface area (Å²) in [5.41, 5.74) is 4.56. The number of ether oxygens (including phenoxy) is 1. The topological polar surface area (TPSA) is 89.5 Å². The van der Waals surface area contributed by atoms with Crippen LogP contribution in [-0.4, -0.2) is 49.5 Å². The number of nitrogens with one attached hydrogen (secondary N) is 1. The van der Waals surface area contributed by atoms with Gasteiger partial charge in [-0.05, 0) is 24.5 Å². The Morgan fingerprint density at radius 1 is 1.06 bits per heavy atom. The highest BCUT2D eigenvalue weighted by Gasteiger charge is 2.23. The third kappa shape index (κ3) is 4.41. The summed E-state index contributed by atoms with van der Waals surface area (Å²) in [6.45, 7) is 0.806. The molecule has 5 rings (SSSR count). The average Bonchev–Trinajstić information content (AvgIpc) is 3.50. The summed E-state index contributed by atoms with van der Waals surface area (Å²) >= 11 is 6.80. The van der Waals surface area contributed by atoms with Crippen LogP contribution < -0.4 is 10.1 Å². The van der Waals surface area contributed by atoms with Gasteiger partial charge in [0, 0.05) is 55.5 Å². The second-order valence-corrected chi connectivity index (χ2v) is 8.78. The number of imidazole rings is 1. The minimum absolute atomic E-state index is 0.151. The van der Waals surface area contributed by atoms with Gasteiger partial charge in [-0.2, -0.15) is 0 Å². The zero-order valence-electron chi connectivity index (χ0n) is 20.1. The van der Waals surface area contributed by atoms with E-state index in [1.54, 1.807) is 13.3 Å². The first-order valence-electron chi connectivity index (χ1n) is 11.8. The van der Waals surface area contributed by atoms with Gasteiger partial charge >= 0.3 is 0 Å². The number of aliphatic hydroxyl groups is 1. The van der Waals surface area contributed by atoms with E-state index in [-0.39, 0.29) is 6.61 Å². The minimum Gasteiger partial charge on any atom is -0.495 e. The standard InChI is InChI=1S/C27H27ClN6O2/c1-33-15-14-30-27(33)26-31-25(29-13-6-7-16-35)24-22(18-9-4-3-5-10-18)20(17-34(24)32-26)19-11-8-12-21(36-2)23(19)28/h3-5,8-12,14-15,17,35H,6-7,13,16H2,1-2H3,(H,29,31,32). The molecule has 0 atom stereocenters. The van der Waals surface area contributed by atoms with Crippen LogP contribution in [0.25, 0.3) is 39.4 Å². The Morgan fingerprint density at radius 2 is 1.89 bits per heavy atom. The lowest BCUT2D eigenvalue weighted by molar-refractivity contribution is 0.286. The van der Waals surface area contributed by atoms with Crippen LogP contribution in [0.15, 0.2) is 67.1 Å². The molecule has 0 aliphatic rings. The highest BCUT2D eigenvalue weighted by molar-refractivity contribution is 6.35. The molecule has 0 fully saturated rings. The number of hydrogen-bond donors (Lipinski definition) is 2. The number of hydrogen-bond acceptors (Lipinski definition) is 6. The molecule has 0 spiro atoms. The van der Waals surface area contributed by atoms with Crippen LogP contribution >= 0.6 is 11.6 Å². The maximum atomic E-state index is 9.23. The molecule has 9 heteroatoms. The lowest BCUT2D eigenvalue weighted by Crippen LogP contribution is -2.10. The molecule has 0 bridgehead atoms. The number of aliphatic hydroxyl groups excluding tert-OH is 1. The quantitative estimate of drug-likeness (QED) is 0.265. The van der Waals surface area contributed by atoms with E-state index in [4.69, 9.17) is 26.4 Å². The summed E-state index contributed by atoms with van der Waals surface area (Å²) in [5.74, 6) is 2.44. The zero-order chi connectivity index (χ0) is 25.1. The number of fused-ring (bicyclic) bond motifs is 1. The number of unbranched alkanes of at least 4 members (excludes halogenated alkanes) is 1. The Hall–Kier alpha value is -3.88. The van der Waals surface area contributed by atoms with Crippen LogP contribution in [0.3, 0.4) is 0 Å². The van der Waals surface area contributed by atoms with Crippen molar-refractivity contribution in [3.8, 4) is 39.7 Å². The summed E-state index contributed by atoms with van der Waals surface area (Å²) in [6.07, 6.45) is 7.08. The van der Waals surface area contributed by atoms with Crippen LogP contribution in [0.2, 0.25) is 5.02 Å². The van der Waals surface area contributed by atoms with Gasteiger partial charge in [-0.3, -0.25) is 0 Å². The molecular weight excluding hydrogens is 476 g/mol. The molecule has 2 N–H and O–H groups in total. The monoisotopic (exact) mass is 502 g/mol. The van der Waals surface area contributed by atoms with E-state index < -0.39 is 0 Å². The van der Waals surface area contributed by atoms with Crippen molar-refractivity contribution in [3.63, 3.8) is 0 Å². The Kier molecular flexibility index (Phi) is 6.88. The van der Waals surface area contributed by atoms with E-state index in [2.05, 4.69) is 22.4 Å². The van der Waals surface area contributed by atoms with Crippen molar-refractivity contribution in [3.05, 3.63) is 72.1 Å². The molecule has 0 saturated carbocycles. The molecule has 5 aromatic rings. The molecule has 3 heterocycles. The fraction of sp³-hybridized carbons (Fsp3) is 0.222. The number of aryl methyl sites for hydroxylation is 1. The SMILES string of the molecule is COc1cccc(-c2cn3nc(-c4nccn4C)nc(NCCCCO)c3c2-c2ccccc2)c1Cl. The van der Waals surface area contributed by atoms with E-state index in [1.807, 2.05) is 64.9 Å². The Morgan fingerprint density at radius 3 is 2.61 bits per heavy atom. The number of nitrogens with zero attached hydrogens (tertiary/aromatic N) is 5. The van der Waals surface area contributed by atoms with Crippen LogP contribution in [0.4, 0.5) is 5.82 Å². The first-order chi connectivity index (χ1) is 17.6. The normalized spacial score (nSPS) is 11.2. The van der Waals surface area contributed by atoms with Crippen LogP contribution in [0.1, 0.15) is 12.8 Å². The average molecular weight is 503 g/mol. The fourth-order valence-corrected chi connectivity index (χ4v) is 4.61. The molecule has 0 radical (unpaired) electrons. The highest BCUT2D eigenvalue weighted by atomic mass is 35.5. The summed E-state index contributed by atoms with van der Waals surface area (Å²) < 4.78 is 9.23. The van der Waals surface area contributed by atoms with Crippen molar-refractivity contribution in [2.45, 2.75) is 12.8 Å². The maximum absolute atomic E-state index is 9.23. The Labute approximate surface area is 214 Å². The number of anilines is 1. The van der Waals surface area contributed by atoms with Crippen LogP contribution in [-0.2, 0) is 7.05 Å². The molecule has 2 aromatic carbocycles. The van der Waals surface area contributed by atoms with Gasteiger partial charge in [0.05, 0.1) is 12.1 Å². The second kappa shape index (κ2) is 10.4. The van der Waals surface area contributed by atoms with Gasteiger partial charge in [-0.25, -0.2) is 14.5 Å². The van der Waals surface area contributed by atoms with Crippen molar-refractivity contribution < 1.29 is 9.84 Å². The number of aromatic nitrogens is 5. The Bertz CT molecular complexity index is 1500. The number of rotatable bonds is 9. The molecule has 0 saturated heterocycles. The predicted molar refractivity (Wildman–Crippen MR) is 142 cm³/mol. The van der Waals surface area contributed by atoms with Crippen molar-refractivity contribution in [1.29, 1.82) is 0 Å². The van der Waals surface area contributed by atoms with Crippen LogP contribution in [0, 0.1) is 0 Å². The third-order valence-electron chi connectivity index (χ3n) is 6.07. The Balaban J connectivity index is 1.80. The molecule has 0 aliphatic heterocycles. The lowest BCUT2D eigenvalue weighted by Gasteiger charge is -2.13. The van der Waals surface area contributed by atoms with Crippen molar-refractivity contribution in [2.75, 3.05) is 25.6 Å². The van der Waals surface area contributed by atoms with Gasteiger partial charge in [0.25, 0.3) is 0 Å². The smallest absolute Gasteiger partial charge is 0.218 e. The van der Waals surface area contributed by atoms with Crippen molar-refractivity contribution >= 4 is 22.9 Å². The maximum Gasteiger partial charge on any atom is 0.218 e. The van der Waals surface area contributed by atoms with Crippen LogP contribution in [0.5, 0.6) is 5.75 Å². The molecule has 3 aromatic heterocycles. The van der Waals surface area contributed by atoms with Gasteiger partial charge < -0.3 is 19.7 Å². The summed E-state index contributed by atoms with van der Waals surface area (Å²) in [6, 6.07) is 15.9. The molecular formula is C27H27ClN6O2. The van der Waals surface area contributed by atoms with Crippen molar-refractivity contribution in [2.24, 2.45) is 7.05 Å². The van der Waals surface area contributed by atoms with Gasteiger partial charge in [-0.1, -0.05) is 54.1 Å². The number of halogens is 1. The van der Waals surface area contributed by atoms with E-state index in [0.717, 1.165) is 34.2 Å². The molecule has 0 amide bonds. The fourth-order valence-electron chi connectivity index (χ4n) is 4.30. The minimum atomic E-state index is 0.151. The van der Waals surface area contributed by atoms with E-state index in [1.165, 1.54) is 0 Å². The molecule has 8 nitrogen and oxygen atoms in total. The first-order valence-corrected chi connectivity index (χ1v) is 12.1. The summed E-state index contributed by atoms with van der Waals surface area (Å²) in [5, 5.41) is 18.1. The van der Waals surface area contributed by atoms with Gasteiger partial charge in [-0.15, -0.1) is 5.10 Å². The van der Waals surface area contributed by atoms with Gasteiger partial charge in [0.15, 0.2) is 11.6 Å². The molecule has 0 unspecified atom stereocenters. The van der Waals surface area contributed by atoms with E-state index >= 15 is 0 Å². The molecule has 36 heavy (non-hydrogen) atoms.